The minimum Gasteiger partial charge on any atom is -0.497 e. The molecule has 0 saturated heterocycles. The molecule has 2 rings (SSSR count). The summed E-state index contributed by atoms with van der Waals surface area (Å²) in [6, 6.07) is 6.31. The van der Waals surface area contributed by atoms with Crippen LogP contribution in [0.5, 0.6) is 5.75 Å². The Labute approximate surface area is 90.0 Å². The Morgan fingerprint density at radius 2 is 2.33 bits per heavy atom. The smallest absolute Gasteiger partial charge is 0.187 e. The molecule has 0 aromatic heterocycles. The molecule has 0 aliphatic carbocycles. The summed E-state index contributed by atoms with van der Waals surface area (Å²) in [5.74, 6) is 0.949. The van der Waals surface area contributed by atoms with Crippen LogP contribution in [0.3, 0.4) is 0 Å². The number of nitrogens with one attached hydrogen (secondary N) is 1. The molecule has 1 aliphatic heterocycles. The molecule has 80 valence electrons. The lowest BCUT2D eigenvalue weighted by Crippen LogP contribution is -2.76. The third-order valence-electron chi connectivity index (χ3n) is 2.80. The van der Waals surface area contributed by atoms with Crippen molar-refractivity contribution in [3.8, 4) is 5.75 Å². The predicted molar refractivity (Wildman–Crippen MR) is 59.0 cm³/mol. The van der Waals surface area contributed by atoms with Crippen LogP contribution >= 0.6 is 0 Å². The normalized spacial score (nSPS) is 14.4. The fraction of sp³-hybridized carbons (Fsp3) is 0.417. The van der Waals surface area contributed by atoms with Gasteiger partial charge in [-0.05, 0) is 23.8 Å². The van der Waals surface area contributed by atoms with Crippen LogP contribution in [0.25, 0.3) is 0 Å². The Morgan fingerprint density at radius 3 is 3.07 bits per heavy atom. The summed E-state index contributed by atoms with van der Waals surface area (Å²) in [6.45, 7) is 1.96. The van der Waals surface area contributed by atoms with Crippen molar-refractivity contribution >= 4 is 5.71 Å². The van der Waals surface area contributed by atoms with E-state index < -0.39 is 0 Å². The van der Waals surface area contributed by atoms with Crippen LogP contribution in [-0.4, -0.2) is 25.9 Å². The van der Waals surface area contributed by atoms with Crippen LogP contribution in [0.4, 0.5) is 0 Å². The lowest BCUT2D eigenvalue weighted by atomic mass is 9.96. The highest BCUT2D eigenvalue weighted by Gasteiger charge is 2.19. The van der Waals surface area contributed by atoms with Crippen molar-refractivity contribution in [3.63, 3.8) is 0 Å². The summed E-state index contributed by atoms with van der Waals surface area (Å²) < 4.78 is 5.23. The molecule has 0 radical (unpaired) electrons. The molecule has 4 N–H and O–H groups in total. The maximum Gasteiger partial charge on any atom is 0.187 e. The van der Waals surface area contributed by atoms with E-state index in [1.807, 2.05) is 6.07 Å². The van der Waals surface area contributed by atoms with Gasteiger partial charge in [-0.1, -0.05) is 0 Å². The largest absolute Gasteiger partial charge is 0.497 e. The number of ether oxygens (including phenoxy) is 1. The van der Waals surface area contributed by atoms with Gasteiger partial charge < -0.3 is 10.5 Å². The van der Waals surface area contributed by atoms with Gasteiger partial charge >= 0.3 is 0 Å². The number of benzene rings is 1. The van der Waals surface area contributed by atoms with E-state index in [0.29, 0.717) is 0 Å². The fourth-order valence-electron chi connectivity index (χ4n) is 2.04. The first-order chi connectivity index (χ1) is 7.35. The molecule has 0 atom stereocenters. The van der Waals surface area contributed by atoms with Crippen molar-refractivity contribution in [2.24, 2.45) is 0 Å². The van der Waals surface area contributed by atoms with Gasteiger partial charge in [-0.3, -0.25) is 0 Å². The molecule has 1 aliphatic rings. The Morgan fingerprint density at radius 1 is 1.47 bits per heavy atom. The van der Waals surface area contributed by atoms with E-state index in [9.17, 15) is 0 Å². The summed E-state index contributed by atoms with van der Waals surface area (Å²) in [4.78, 5) is 3.45. The molecule has 0 saturated carbocycles. The van der Waals surface area contributed by atoms with Crippen molar-refractivity contribution < 1.29 is 15.5 Å². The zero-order chi connectivity index (χ0) is 10.7. The molecular formula is C12H18N2O+2. The van der Waals surface area contributed by atoms with Crippen molar-refractivity contribution in [1.82, 2.24) is 0 Å². The summed E-state index contributed by atoms with van der Waals surface area (Å²) in [7, 11) is 1.71. The molecule has 15 heavy (non-hydrogen) atoms. The molecule has 0 spiro atoms. The average Bonchev–Trinajstić information content (AvgIpc) is 2.29. The van der Waals surface area contributed by atoms with E-state index in [4.69, 9.17) is 4.74 Å². The average molecular weight is 206 g/mol. The quantitative estimate of drug-likeness (QED) is 0.638. The van der Waals surface area contributed by atoms with Crippen LogP contribution < -0.4 is 15.5 Å². The van der Waals surface area contributed by atoms with Crippen LogP contribution in [0.15, 0.2) is 18.2 Å². The Hall–Kier alpha value is -1.35. The minimum absolute atomic E-state index is 0.938. The van der Waals surface area contributed by atoms with Gasteiger partial charge in [0, 0.05) is 12.0 Å². The van der Waals surface area contributed by atoms with E-state index in [1.165, 1.54) is 16.8 Å². The first kappa shape index (κ1) is 10.2. The van der Waals surface area contributed by atoms with Gasteiger partial charge in [0.1, 0.15) is 12.3 Å². The van der Waals surface area contributed by atoms with Gasteiger partial charge in [0.15, 0.2) is 5.71 Å². The van der Waals surface area contributed by atoms with Crippen molar-refractivity contribution in [1.29, 1.82) is 0 Å². The number of rotatable bonds is 3. The zero-order valence-electron chi connectivity index (χ0n) is 9.18. The first-order valence-corrected chi connectivity index (χ1v) is 5.41. The van der Waals surface area contributed by atoms with Crippen molar-refractivity contribution in [2.75, 3.05) is 20.2 Å². The number of methoxy groups -OCH3 is 1. The highest BCUT2D eigenvalue weighted by Crippen LogP contribution is 2.19. The second-order valence-corrected chi connectivity index (χ2v) is 3.78. The number of hydrogen-bond acceptors (Lipinski definition) is 1. The molecular weight excluding hydrogens is 188 g/mol. The highest BCUT2D eigenvalue weighted by atomic mass is 16.5. The number of hydrogen-bond donors (Lipinski definition) is 2. The van der Waals surface area contributed by atoms with Gasteiger partial charge in [-0.15, -0.1) is 0 Å². The second kappa shape index (κ2) is 4.45. The molecule has 0 unspecified atom stereocenters. The van der Waals surface area contributed by atoms with Gasteiger partial charge in [0.05, 0.1) is 20.1 Å². The monoisotopic (exact) mass is 206 g/mol. The minimum atomic E-state index is 0.938. The van der Waals surface area contributed by atoms with Crippen molar-refractivity contribution in [2.45, 2.75) is 12.8 Å². The molecule has 0 bridgehead atoms. The Balaban J connectivity index is 2.35. The molecule has 1 aromatic carbocycles. The fourth-order valence-corrected chi connectivity index (χ4v) is 2.04. The topological polar surface area (TPSA) is 50.8 Å². The summed E-state index contributed by atoms with van der Waals surface area (Å²) in [5.41, 5.74) is 7.95. The standard InChI is InChI=1S/C12H16N2O/c1-15-10-2-3-11-9(8-10)5-7-14-12(11)4-6-13/h2-3,8H,4-7,13H2,1H3/p+2. The lowest BCUT2D eigenvalue weighted by molar-refractivity contribution is -0.461. The van der Waals surface area contributed by atoms with Crippen LogP contribution in [0.2, 0.25) is 0 Å². The van der Waals surface area contributed by atoms with Gasteiger partial charge in [-0.25, -0.2) is 4.99 Å². The summed E-state index contributed by atoms with van der Waals surface area (Å²) in [5, 5.41) is 0. The van der Waals surface area contributed by atoms with Gasteiger partial charge in [0.2, 0.25) is 0 Å². The predicted octanol–water partition coefficient (Wildman–Crippen LogP) is -1.25. The zero-order valence-corrected chi connectivity index (χ0v) is 9.18. The highest BCUT2D eigenvalue weighted by molar-refractivity contribution is 5.98. The molecule has 3 heteroatoms. The van der Waals surface area contributed by atoms with Crippen LogP contribution in [0.1, 0.15) is 17.5 Å². The van der Waals surface area contributed by atoms with E-state index in [-0.39, 0.29) is 0 Å². The van der Waals surface area contributed by atoms with Gasteiger partial charge in [-0.2, -0.15) is 0 Å². The summed E-state index contributed by atoms with van der Waals surface area (Å²) >= 11 is 0. The van der Waals surface area contributed by atoms with E-state index in [1.54, 1.807) is 7.11 Å². The van der Waals surface area contributed by atoms with Crippen LogP contribution in [0, 0.1) is 0 Å². The lowest BCUT2D eigenvalue weighted by Gasteiger charge is -2.12. The van der Waals surface area contributed by atoms with Gasteiger partial charge in [0.25, 0.3) is 0 Å². The molecule has 0 fully saturated rings. The molecule has 3 nitrogen and oxygen atoms in total. The molecule has 1 aromatic rings. The summed E-state index contributed by atoms with van der Waals surface area (Å²) in [6.07, 6.45) is 2.10. The number of fused-ring (bicyclic) bond motifs is 1. The van der Waals surface area contributed by atoms with Crippen molar-refractivity contribution in [3.05, 3.63) is 29.3 Å². The Bertz CT molecular complexity index is 385. The first-order valence-electron chi connectivity index (χ1n) is 5.41. The SMILES string of the molecule is COc1ccc2c(c1)CC[NH+]=C2CC[NH3+]. The van der Waals surface area contributed by atoms with Crippen LogP contribution in [-0.2, 0) is 6.42 Å². The van der Waals surface area contributed by atoms with E-state index in [0.717, 1.165) is 31.7 Å². The Kier molecular flexibility index (Phi) is 3.02. The van der Waals surface area contributed by atoms with E-state index >= 15 is 0 Å². The third kappa shape index (κ3) is 2.02. The maximum absolute atomic E-state index is 5.23. The molecule has 1 heterocycles. The number of quaternary nitrogens is 1. The maximum atomic E-state index is 5.23. The third-order valence-corrected chi connectivity index (χ3v) is 2.80. The molecule has 0 amide bonds. The van der Waals surface area contributed by atoms with E-state index in [2.05, 4.69) is 22.9 Å². The second-order valence-electron chi connectivity index (χ2n) is 3.78.